The quantitative estimate of drug-likeness (QED) is 0.238. The second-order valence-electron chi connectivity index (χ2n) is 12.5. The Kier molecular flexibility index (Phi) is 9.78. The lowest BCUT2D eigenvalue weighted by molar-refractivity contribution is 0.0862. The summed E-state index contributed by atoms with van der Waals surface area (Å²) in [6.45, 7) is 5.02. The first-order valence-electron chi connectivity index (χ1n) is 16.4. The van der Waals surface area contributed by atoms with Crippen LogP contribution >= 0.6 is 0 Å². The number of amides is 2. The molecule has 0 atom stereocenters. The van der Waals surface area contributed by atoms with Gasteiger partial charge in [-0.15, -0.1) is 0 Å². The van der Waals surface area contributed by atoms with Gasteiger partial charge in [0.2, 0.25) is 5.91 Å². The van der Waals surface area contributed by atoms with E-state index in [4.69, 9.17) is 15.2 Å². The van der Waals surface area contributed by atoms with E-state index >= 15 is 0 Å². The van der Waals surface area contributed by atoms with Crippen LogP contribution in [0.1, 0.15) is 53.2 Å². The molecule has 46 heavy (non-hydrogen) atoms. The van der Waals surface area contributed by atoms with E-state index in [9.17, 15) is 9.59 Å². The van der Waals surface area contributed by atoms with Crippen LogP contribution in [0.4, 0.5) is 10.5 Å². The fraction of sp³-hybridized carbons (Fsp3) is 0.405. The minimum Gasteiger partial charge on any atom is -0.496 e. The van der Waals surface area contributed by atoms with Crippen molar-refractivity contribution in [2.75, 3.05) is 51.8 Å². The normalized spacial score (nSPS) is 16.4. The molecule has 0 unspecified atom stereocenters. The van der Waals surface area contributed by atoms with Gasteiger partial charge in [0.15, 0.2) is 0 Å². The van der Waals surface area contributed by atoms with Crippen LogP contribution in [-0.2, 0) is 17.8 Å². The Balaban J connectivity index is 1.03. The summed E-state index contributed by atoms with van der Waals surface area (Å²) in [6, 6.07) is 24.5. The Hall–Kier alpha value is -4.50. The van der Waals surface area contributed by atoms with E-state index in [0.29, 0.717) is 11.6 Å². The molecule has 2 aliphatic rings. The number of nitrogens with two attached hydrogens (primary N) is 1. The molecule has 242 valence electrons. The van der Waals surface area contributed by atoms with Gasteiger partial charge in [0, 0.05) is 80.4 Å². The van der Waals surface area contributed by atoms with E-state index < -0.39 is 5.91 Å². The maximum absolute atomic E-state index is 12.8. The van der Waals surface area contributed by atoms with Crippen molar-refractivity contribution in [3.63, 3.8) is 0 Å². The molecule has 2 aliphatic heterocycles. The van der Waals surface area contributed by atoms with E-state index in [1.54, 1.807) is 18.1 Å². The number of hydrogen-bond acceptors (Lipinski definition) is 6. The zero-order valence-corrected chi connectivity index (χ0v) is 26.9. The summed E-state index contributed by atoms with van der Waals surface area (Å²) in [4.78, 5) is 31.3. The first-order chi connectivity index (χ1) is 22.4. The lowest BCUT2D eigenvalue weighted by atomic mass is 9.99. The summed E-state index contributed by atoms with van der Waals surface area (Å²) < 4.78 is 13.8. The minimum atomic E-state index is -0.392. The highest BCUT2D eigenvalue weighted by atomic mass is 16.6. The maximum atomic E-state index is 12.8. The molecule has 2 N–H and O–H groups in total. The number of rotatable bonds is 10. The molecule has 9 heteroatoms. The molecule has 4 aromatic rings. The number of aromatic nitrogens is 1. The zero-order chi connectivity index (χ0) is 32.0. The van der Waals surface area contributed by atoms with Crippen LogP contribution in [0.3, 0.4) is 0 Å². The summed E-state index contributed by atoms with van der Waals surface area (Å²) in [7, 11) is 3.60. The van der Waals surface area contributed by atoms with E-state index in [1.165, 1.54) is 11.3 Å². The lowest BCUT2D eigenvalue weighted by Crippen LogP contribution is -2.46. The molecule has 0 aliphatic carbocycles. The Morgan fingerprint density at radius 2 is 1.67 bits per heavy atom. The van der Waals surface area contributed by atoms with Crippen molar-refractivity contribution < 1.29 is 19.1 Å². The number of primary amides is 1. The van der Waals surface area contributed by atoms with E-state index in [0.717, 1.165) is 87.0 Å². The average Bonchev–Trinajstić information content (AvgIpc) is 3.53. The fourth-order valence-electron chi connectivity index (χ4n) is 7.07. The van der Waals surface area contributed by atoms with Gasteiger partial charge in [-0.25, -0.2) is 4.79 Å². The van der Waals surface area contributed by atoms with Crippen LogP contribution in [0.2, 0.25) is 0 Å². The molecule has 1 aromatic heterocycles. The van der Waals surface area contributed by atoms with Gasteiger partial charge in [-0.3, -0.25) is 4.79 Å². The summed E-state index contributed by atoms with van der Waals surface area (Å²) in [6.07, 6.45) is 6.66. The van der Waals surface area contributed by atoms with Crippen LogP contribution in [-0.4, -0.2) is 79.3 Å². The topological polar surface area (TPSA) is 93.3 Å². The van der Waals surface area contributed by atoms with Crippen molar-refractivity contribution in [1.82, 2.24) is 14.4 Å². The third kappa shape index (κ3) is 6.99. The number of ether oxygens (including phenoxy) is 2. The van der Waals surface area contributed by atoms with Crippen molar-refractivity contribution in [1.29, 1.82) is 0 Å². The van der Waals surface area contributed by atoms with Gasteiger partial charge >= 0.3 is 6.09 Å². The molecular formula is C37H45N5O4. The number of hydrogen-bond donors (Lipinski definition) is 1. The second-order valence-corrected chi connectivity index (χ2v) is 12.5. The van der Waals surface area contributed by atoms with Gasteiger partial charge in [0.25, 0.3) is 0 Å². The Morgan fingerprint density at radius 3 is 2.39 bits per heavy atom. The highest BCUT2D eigenvalue weighted by Crippen LogP contribution is 2.34. The van der Waals surface area contributed by atoms with Gasteiger partial charge in [-0.1, -0.05) is 42.5 Å². The van der Waals surface area contributed by atoms with Gasteiger partial charge in [-0.2, -0.15) is 0 Å². The summed E-state index contributed by atoms with van der Waals surface area (Å²) in [5.41, 5.74) is 10.6. The third-order valence-corrected chi connectivity index (χ3v) is 9.81. The van der Waals surface area contributed by atoms with Gasteiger partial charge in [0.05, 0.1) is 7.11 Å². The molecule has 3 heterocycles. The number of likely N-dealkylation sites (tertiary alicyclic amines) is 1. The smallest absolute Gasteiger partial charge is 0.410 e. The number of carbonyl (C=O) groups is 2. The van der Waals surface area contributed by atoms with Gasteiger partial charge < -0.3 is 34.5 Å². The van der Waals surface area contributed by atoms with Crippen molar-refractivity contribution in [3.05, 3.63) is 95.7 Å². The molecule has 3 aromatic carbocycles. The zero-order valence-electron chi connectivity index (χ0n) is 26.9. The number of nitrogens with zero attached hydrogens (tertiary/aromatic N) is 4. The lowest BCUT2D eigenvalue weighted by Gasteiger charge is -2.38. The van der Waals surface area contributed by atoms with Crippen molar-refractivity contribution in [2.24, 2.45) is 5.73 Å². The van der Waals surface area contributed by atoms with E-state index in [2.05, 4.69) is 44.8 Å². The number of methoxy groups -OCH3 is 1. The number of piperidine rings is 2. The average molecular weight is 624 g/mol. The summed E-state index contributed by atoms with van der Waals surface area (Å²) in [5, 5.41) is 1.13. The number of fused-ring (bicyclic) bond motifs is 1. The molecule has 2 fully saturated rings. The molecule has 0 bridgehead atoms. The first-order valence-corrected chi connectivity index (χ1v) is 16.4. The van der Waals surface area contributed by atoms with Crippen LogP contribution in [0.5, 0.6) is 5.75 Å². The van der Waals surface area contributed by atoms with Crippen LogP contribution in [0.15, 0.2) is 79.0 Å². The standard InChI is InChI=1S/C37H45N5O4/c1-39(37(44)46-26-27-7-4-3-5-8-27)30-16-22-41(23-17-30)33-9-6-10-35(45-2)32(33)18-21-40-19-14-31(15-20-40)42-24-13-28-11-12-29(36(38)43)25-34(28)42/h3-13,24-25,30-31H,14-23,26H2,1-2H3,(H2,38,43). The van der Waals surface area contributed by atoms with Crippen molar-refractivity contribution in [2.45, 2.75) is 50.8 Å². The fourth-order valence-corrected chi connectivity index (χ4v) is 7.07. The Bertz CT molecular complexity index is 1640. The third-order valence-electron chi connectivity index (χ3n) is 9.81. The summed E-state index contributed by atoms with van der Waals surface area (Å²) in [5.74, 6) is 0.538. The van der Waals surface area contributed by atoms with E-state index in [-0.39, 0.29) is 18.7 Å². The second kappa shape index (κ2) is 14.3. The molecular weight excluding hydrogens is 578 g/mol. The molecule has 2 amide bonds. The monoisotopic (exact) mass is 623 g/mol. The minimum absolute atomic E-state index is 0.148. The molecule has 0 radical (unpaired) electrons. The Labute approximate surface area is 271 Å². The highest BCUT2D eigenvalue weighted by molar-refractivity contribution is 5.97. The first kappa shape index (κ1) is 31.5. The molecule has 0 saturated carbocycles. The summed E-state index contributed by atoms with van der Waals surface area (Å²) >= 11 is 0. The molecule has 2 saturated heterocycles. The van der Waals surface area contributed by atoms with Gasteiger partial charge in [-0.05, 0) is 73.4 Å². The van der Waals surface area contributed by atoms with Crippen LogP contribution < -0.4 is 15.4 Å². The molecule has 9 nitrogen and oxygen atoms in total. The Morgan fingerprint density at radius 1 is 0.913 bits per heavy atom. The van der Waals surface area contributed by atoms with Crippen molar-refractivity contribution >= 4 is 28.6 Å². The molecule has 6 rings (SSSR count). The number of carbonyl (C=O) groups excluding carboxylic acids is 2. The van der Waals surface area contributed by atoms with Crippen LogP contribution in [0.25, 0.3) is 10.9 Å². The SMILES string of the molecule is COc1cccc(N2CCC(N(C)C(=O)OCc3ccccc3)CC2)c1CCN1CCC(n2ccc3ccc(C(N)=O)cc32)CC1. The number of benzene rings is 3. The largest absolute Gasteiger partial charge is 0.496 e. The molecule has 0 spiro atoms. The maximum Gasteiger partial charge on any atom is 0.410 e. The van der Waals surface area contributed by atoms with Crippen LogP contribution in [0, 0.1) is 0 Å². The van der Waals surface area contributed by atoms with Crippen molar-refractivity contribution in [3.8, 4) is 5.75 Å². The predicted molar refractivity (Wildman–Crippen MR) is 181 cm³/mol. The van der Waals surface area contributed by atoms with Gasteiger partial charge in [0.1, 0.15) is 12.4 Å². The highest BCUT2D eigenvalue weighted by Gasteiger charge is 2.28. The van der Waals surface area contributed by atoms with E-state index in [1.807, 2.05) is 49.5 Å². The predicted octanol–water partition coefficient (Wildman–Crippen LogP) is 5.87. The number of anilines is 1.